The largest absolute Gasteiger partial charge is 0.460 e. The summed E-state index contributed by atoms with van der Waals surface area (Å²) in [6, 6.07) is 11.0. The van der Waals surface area contributed by atoms with Crippen LogP contribution in [0.2, 0.25) is 0 Å². The van der Waals surface area contributed by atoms with E-state index in [0.29, 0.717) is 6.42 Å². The van der Waals surface area contributed by atoms with Crippen molar-refractivity contribution in [2.24, 2.45) is 12.8 Å². The first-order valence-electron chi connectivity index (χ1n) is 6.75. The Kier molecular flexibility index (Phi) is 4.99. The van der Waals surface area contributed by atoms with Gasteiger partial charge in [-0.05, 0) is 18.2 Å². The number of ether oxygens (including phenoxy) is 1. The van der Waals surface area contributed by atoms with Crippen molar-refractivity contribution in [3.8, 4) is 11.8 Å². The van der Waals surface area contributed by atoms with Gasteiger partial charge in [0.1, 0.15) is 12.3 Å². The quantitative estimate of drug-likeness (QED) is 0.530. The van der Waals surface area contributed by atoms with E-state index in [4.69, 9.17) is 10.5 Å². The Labute approximate surface area is 128 Å². The van der Waals surface area contributed by atoms with Crippen LogP contribution >= 0.6 is 0 Å². The summed E-state index contributed by atoms with van der Waals surface area (Å²) < 4.78 is 6.64. The molecule has 5 heteroatoms. The molecule has 1 aromatic heterocycles. The molecule has 2 rings (SSSR count). The highest BCUT2D eigenvalue weighted by Crippen LogP contribution is 2.08. The van der Waals surface area contributed by atoms with Gasteiger partial charge in [0.15, 0.2) is 0 Å². The van der Waals surface area contributed by atoms with Gasteiger partial charge in [-0.3, -0.25) is 4.79 Å². The van der Waals surface area contributed by atoms with Gasteiger partial charge in [0.05, 0.1) is 5.56 Å². The van der Waals surface area contributed by atoms with E-state index < -0.39 is 11.9 Å². The van der Waals surface area contributed by atoms with Gasteiger partial charge in [-0.2, -0.15) is 0 Å². The van der Waals surface area contributed by atoms with Gasteiger partial charge in [0.2, 0.25) is 5.91 Å². The summed E-state index contributed by atoms with van der Waals surface area (Å²) in [5.74, 6) is 4.84. The number of primary amides is 1. The molecular weight excluding hydrogens is 280 g/mol. The van der Waals surface area contributed by atoms with E-state index >= 15 is 0 Å². The van der Waals surface area contributed by atoms with Gasteiger partial charge in [-0.1, -0.05) is 30.0 Å². The highest BCUT2D eigenvalue weighted by molar-refractivity contribution is 5.96. The molecule has 0 bridgehead atoms. The summed E-state index contributed by atoms with van der Waals surface area (Å²) in [4.78, 5) is 23.0. The Balaban J connectivity index is 1.86. The number of hydrogen-bond acceptors (Lipinski definition) is 3. The number of rotatable bonds is 4. The zero-order chi connectivity index (χ0) is 15.9. The third-order valence-electron chi connectivity index (χ3n) is 2.97. The second-order valence-corrected chi connectivity index (χ2v) is 4.64. The lowest BCUT2D eigenvalue weighted by molar-refractivity contribution is 0.0502. The molecule has 112 valence electrons. The molecule has 0 unspecified atom stereocenters. The molecule has 1 aromatic carbocycles. The van der Waals surface area contributed by atoms with Crippen LogP contribution in [0.15, 0.2) is 42.6 Å². The molecule has 2 aromatic rings. The number of benzene rings is 1. The molecule has 0 aliphatic rings. The van der Waals surface area contributed by atoms with E-state index in [9.17, 15) is 9.59 Å². The van der Waals surface area contributed by atoms with E-state index in [0.717, 1.165) is 5.56 Å². The van der Waals surface area contributed by atoms with Crippen LogP contribution in [0.5, 0.6) is 0 Å². The van der Waals surface area contributed by atoms with Crippen molar-refractivity contribution in [1.82, 2.24) is 4.57 Å². The minimum Gasteiger partial charge on any atom is -0.460 e. The van der Waals surface area contributed by atoms with Crippen LogP contribution in [0.25, 0.3) is 0 Å². The maximum absolute atomic E-state index is 11.9. The van der Waals surface area contributed by atoms with E-state index in [1.807, 2.05) is 30.3 Å². The number of nitrogens with zero attached hydrogens (tertiary/aromatic N) is 1. The molecule has 1 heterocycles. The van der Waals surface area contributed by atoms with E-state index in [2.05, 4.69) is 11.8 Å². The van der Waals surface area contributed by atoms with E-state index in [-0.39, 0.29) is 17.9 Å². The van der Waals surface area contributed by atoms with Gasteiger partial charge in [-0.15, -0.1) is 0 Å². The Hall–Kier alpha value is -3.00. The first-order valence-corrected chi connectivity index (χ1v) is 6.75. The summed E-state index contributed by atoms with van der Waals surface area (Å²) >= 11 is 0. The molecule has 0 saturated heterocycles. The number of esters is 1. The van der Waals surface area contributed by atoms with Crippen LogP contribution in [0.3, 0.4) is 0 Å². The van der Waals surface area contributed by atoms with Gasteiger partial charge >= 0.3 is 5.97 Å². The SMILES string of the molecule is Cn1cc(C(N)=O)cc1C(=O)OCCC#Cc1ccccc1. The molecule has 1 amide bonds. The molecule has 0 aliphatic heterocycles. The summed E-state index contributed by atoms with van der Waals surface area (Å²) in [5.41, 5.74) is 6.65. The Morgan fingerprint density at radius 1 is 1.27 bits per heavy atom. The lowest BCUT2D eigenvalue weighted by atomic mass is 10.2. The second kappa shape index (κ2) is 7.14. The van der Waals surface area contributed by atoms with Crippen LogP contribution in [-0.2, 0) is 11.8 Å². The van der Waals surface area contributed by atoms with Crippen molar-refractivity contribution in [3.05, 3.63) is 59.4 Å². The summed E-state index contributed by atoms with van der Waals surface area (Å²) in [6.07, 6.45) is 1.93. The lowest BCUT2D eigenvalue weighted by Gasteiger charge is -2.02. The monoisotopic (exact) mass is 296 g/mol. The van der Waals surface area contributed by atoms with Crippen LogP contribution in [0.1, 0.15) is 32.8 Å². The zero-order valence-electron chi connectivity index (χ0n) is 12.2. The van der Waals surface area contributed by atoms with Crippen molar-refractivity contribution in [2.45, 2.75) is 6.42 Å². The molecule has 0 atom stereocenters. The second-order valence-electron chi connectivity index (χ2n) is 4.64. The highest BCUT2D eigenvalue weighted by atomic mass is 16.5. The van der Waals surface area contributed by atoms with Crippen LogP contribution in [-0.4, -0.2) is 23.1 Å². The fourth-order valence-electron chi connectivity index (χ4n) is 1.86. The summed E-state index contributed by atoms with van der Waals surface area (Å²) in [7, 11) is 1.65. The van der Waals surface area contributed by atoms with Gasteiger partial charge in [-0.25, -0.2) is 4.79 Å². The van der Waals surface area contributed by atoms with Crippen molar-refractivity contribution in [3.63, 3.8) is 0 Å². The lowest BCUT2D eigenvalue weighted by Crippen LogP contribution is -2.10. The molecule has 22 heavy (non-hydrogen) atoms. The predicted molar refractivity (Wildman–Crippen MR) is 82.2 cm³/mol. The number of nitrogens with two attached hydrogens (primary N) is 1. The molecule has 5 nitrogen and oxygen atoms in total. The van der Waals surface area contributed by atoms with Crippen LogP contribution in [0.4, 0.5) is 0 Å². The third kappa shape index (κ3) is 4.00. The molecule has 0 spiro atoms. The Morgan fingerprint density at radius 3 is 2.64 bits per heavy atom. The number of aryl methyl sites for hydroxylation is 1. The molecule has 0 fully saturated rings. The van der Waals surface area contributed by atoms with Gasteiger partial charge in [0.25, 0.3) is 0 Å². The van der Waals surface area contributed by atoms with Crippen LogP contribution in [0, 0.1) is 11.8 Å². The molecule has 0 saturated carbocycles. The average Bonchev–Trinajstić information content (AvgIpc) is 2.90. The molecule has 0 aliphatic carbocycles. The molecule has 2 N–H and O–H groups in total. The predicted octanol–water partition coefficient (Wildman–Crippen LogP) is 1.72. The number of aromatic nitrogens is 1. The van der Waals surface area contributed by atoms with Crippen LogP contribution < -0.4 is 5.73 Å². The number of carbonyl (C=O) groups excluding carboxylic acids is 2. The van der Waals surface area contributed by atoms with E-state index in [1.165, 1.54) is 16.8 Å². The Bertz CT molecular complexity index is 736. The first kappa shape index (κ1) is 15.4. The number of hydrogen-bond donors (Lipinski definition) is 1. The van der Waals surface area contributed by atoms with Crippen molar-refractivity contribution >= 4 is 11.9 Å². The van der Waals surface area contributed by atoms with Crippen molar-refractivity contribution < 1.29 is 14.3 Å². The topological polar surface area (TPSA) is 74.3 Å². The zero-order valence-corrected chi connectivity index (χ0v) is 12.2. The standard InChI is InChI=1S/C17H16N2O3/c1-19-12-14(16(18)20)11-15(19)17(21)22-10-6-5-9-13-7-3-2-4-8-13/h2-4,7-8,11-12H,6,10H2,1H3,(H2,18,20). The van der Waals surface area contributed by atoms with E-state index in [1.54, 1.807) is 7.05 Å². The van der Waals surface area contributed by atoms with Gasteiger partial charge < -0.3 is 15.0 Å². The molecular formula is C17H16N2O3. The van der Waals surface area contributed by atoms with Crippen molar-refractivity contribution in [2.75, 3.05) is 6.61 Å². The minimum atomic E-state index is -0.580. The van der Waals surface area contributed by atoms with Crippen molar-refractivity contribution in [1.29, 1.82) is 0 Å². The highest BCUT2D eigenvalue weighted by Gasteiger charge is 2.15. The smallest absolute Gasteiger partial charge is 0.354 e. The summed E-state index contributed by atoms with van der Waals surface area (Å²) in [6.45, 7) is 0.190. The fraction of sp³-hybridized carbons (Fsp3) is 0.176. The fourth-order valence-corrected chi connectivity index (χ4v) is 1.86. The van der Waals surface area contributed by atoms with Gasteiger partial charge in [0, 0.05) is 25.2 Å². The Morgan fingerprint density at radius 2 is 2.00 bits per heavy atom. The number of carbonyl (C=O) groups is 2. The average molecular weight is 296 g/mol. The minimum absolute atomic E-state index is 0.190. The summed E-state index contributed by atoms with van der Waals surface area (Å²) in [5, 5.41) is 0. The maximum atomic E-state index is 11.9. The molecule has 0 radical (unpaired) electrons. The third-order valence-corrected chi connectivity index (χ3v) is 2.97. The normalized spacial score (nSPS) is 9.68. The maximum Gasteiger partial charge on any atom is 0.354 e. The first-order chi connectivity index (χ1) is 10.6. The number of amides is 1.